The van der Waals surface area contributed by atoms with Gasteiger partial charge in [-0.3, -0.25) is 4.90 Å². The molecular formula is C18H21NO2. The Kier molecular flexibility index (Phi) is 3.84. The van der Waals surface area contributed by atoms with Gasteiger partial charge in [0.15, 0.2) is 0 Å². The van der Waals surface area contributed by atoms with E-state index in [0.717, 1.165) is 25.1 Å². The summed E-state index contributed by atoms with van der Waals surface area (Å²) in [5, 5.41) is 10.2. The molecule has 1 N–H and O–H groups in total. The van der Waals surface area contributed by atoms with Gasteiger partial charge in [0.2, 0.25) is 0 Å². The predicted molar refractivity (Wildman–Crippen MR) is 83.6 cm³/mol. The van der Waals surface area contributed by atoms with Crippen LogP contribution in [0.2, 0.25) is 0 Å². The molecule has 0 fully saturated rings. The molecule has 3 rings (SSSR count). The number of rotatable bonds is 3. The van der Waals surface area contributed by atoms with Gasteiger partial charge in [0.25, 0.3) is 0 Å². The second-order valence-electron chi connectivity index (χ2n) is 5.59. The highest BCUT2D eigenvalue weighted by Crippen LogP contribution is 2.34. The number of methoxy groups -OCH3 is 1. The van der Waals surface area contributed by atoms with Crippen molar-refractivity contribution >= 4 is 0 Å². The highest BCUT2D eigenvalue weighted by molar-refractivity contribution is 5.41. The highest BCUT2D eigenvalue weighted by Gasteiger charge is 2.23. The Hall–Kier alpha value is -2.00. The third-order valence-electron chi connectivity index (χ3n) is 4.40. The number of phenols is 1. The van der Waals surface area contributed by atoms with Crippen molar-refractivity contribution < 1.29 is 9.84 Å². The summed E-state index contributed by atoms with van der Waals surface area (Å²) in [6.45, 7) is 4.10. The summed E-state index contributed by atoms with van der Waals surface area (Å²) in [5.41, 5.74) is 3.79. The molecule has 1 unspecified atom stereocenters. The quantitative estimate of drug-likeness (QED) is 0.935. The van der Waals surface area contributed by atoms with Crippen LogP contribution in [0.1, 0.15) is 29.7 Å². The van der Waals surface area contributed by atoms with E-state index in [1.165, 1.54) is 11.1 Å². The van der Waals surface area contributed by atoms with Crippen molar-refractivity contribution in [2.45, 2.75) is 25.9 Å². The van der Waals surface area contributed by atoms with Crippen molar-refractivity contribution in [2.75, 3.05) is 13.7 Å². The van der Waals surface area contributed by atoms with Crippen LogP contribution in [0.4, 0.5) is 0 Å². The molecule has 0 amide bonds. The molecule has 1 aliphatic heterocycles. The van der Waals surface area contributed by atoms with Crippen LogP contribution in [0.3, 0.4) is 0 Å². The molecule has 0 bridgehead atoms. The molecule has 0 aliphatic carbocycles. The van der Waals surface area contributed by atoms with Gasteiger partial charge in [-0.2, -0.15) is 0 Å². The van der Waals surface area contributed by atoms with Crippen LogP contribution in [0.15, 0.2) is 42.5 Å². The molecule has 21 heavy (non-hydrogen) atoms. The van der Waals surface area contributed by atoms with Crippen LogP contribution >= 0.6 is 0 Å². The lowest BCUT2D eigenvalue weighted by atomic mass is 9.96. The van der Waals surface area contributed by atoms with Crippen LogP contribution in [-0.2, 0) is 13.0 Å². The van der Waals surface area contributed by atoms with Crippen LogP contribution in [-0.4, -0.2) is 23.7 Å². The first-order chi connectivity index (χ1) is 10.2. The Morgan fingerprint density at radius 2 is 1.90 bits per heavy atom. The van der Waals surface area contributed by atoms with E-state index >= 15 is 0 Å². The van der Waals surface area contributed by atoms with Gasteiger partial charge in [-0.05, 0) is 30.5 Å². The fourth-order valence-electron chi connectivity index (χ4n) is 3.05. The third kappa shape index (κ3) is 2.74. The molecule has 0 spiro atoms. The van der Waals surface area contributed by atoms with Crippen LogP contribution < -0.4 is 4.74 Å². The van der Waals surface area contributed by atoms with Gasteiger partial charge >= 0.3 is 0 Å². The Morgan fingerprint density at radius 3 is 2.62 bits per heavy atom. The molecular weight excluding hydrogens is 262 g/mol. The lowest BCUT2D eigenvalue weighted by Crippen LogP contribution is -2.32. The van der Waals surface area contributed by atoms with Crippen LogP contribution in [0.5, 0.6) is 11.5 Å². The summed E-state index contributed by atoms with van der Waals surface area (Å²) in [5.74, 6) is 0.994. The predicted octanol–water partition coefficient (Wildman–Crippen LogP) is 3.52. The van der Waals surface area contributed by atoms with Crippen molar-refractivity contribution in [3.8, 4) is 11.5 Å². The second-order valence-corrected chi connectivity index (χ2v) is 5.59. The Labute approximate surface area is 125 Å². The first kappa shape index (κ1) is 14.0. The van der Waals surface area contributed by atoms with E-state index in [4.69, 9.17) is 4.74 Å². The lowest BCUT2D eigenvalue weighted by Gasteiger charge is -2.34. The smallest absolute Gasteiger partial charge is 0.124 e. The van der Waals surface area contributed by atoms with E-state index in [-0.39, 0.29) is 6.04 Å². The monoisotopic (exact) mass is 283 g/mol. The molecule has 0 aromatic heterocycles. The van der Waals surface area contributed by atoms with E-state index in [1.54, 1.807) is 13.2 Å². The van der Waals surface area contributed by atoms with E-state index in [9.17, 15) is 5.11 Å². The van der Waals surface area contributed by atoms with Gasteiger partial charge in [0.05, 0.1) is 7.11 Å². The number of benzene rings is 2. The maximum atomic E-state index is 10.2. The number of aromatic hydroxyl groups is 1. The summed E-state index contributed by atoms with van der Waals surface area (Å²) in [4.78, 5) is 2.41. The Morgan fingerprint density at radius 1 is 1.14 bits per heavy atom. The lowest BCUT2D eigenvalue weighted by molar-refractivity contribution is 0.189. The number of ether oxygens (including phenoxy) is 1. The molecule has 1 heterocycles. The minimum atomic E-state index is 0.185. The molecule has 0 saturated carbocycles. The minimum Gasteiger partial charge on any atom is -0.507 e. The standard InChI is InChI=1S/C18H21NO2/c1-13(17-8-7-16(21-2)11-18(17)20)19-10-9-14-5-3-4-6-15(14)12-19/h3-8,11,13,20H,9-10,12H2,1-2H3. The van der Waals surface area contributed by atoms with Gasteiger partial charge in [0.1, 0.15) is 11.5 Å². The number of hydrogen-bond acceptors (Lipinski definition) is 3. The van der Waals surface area contributed by atoms with Crippen molar-refractivity contribution in [3.63, 3.8) is 0 Å². The number of nitrogens with zero attached hydrogens (tertiary/aromatic N) is 1. The molecule has 1 atom stereocenters. The van der Waals surface area contributed by atoms with E-state index in [0.29, 0.717) is 11.5 Å². The SMILES string of the molecule is COc1ccc(C(C)N2CCc3ccccc3C2)c(O)c1. The molecule has 2 aromatic rings. The maximum Gasteiger partial charge on any atom is 0.124 e. The van der Waals surface area contributed by atoms with Gasteiger partial charge in [-0.25, -0.2) is 0 Å². The Bertz CT molecular complexity index is 639. The zero-order chi connectivity index (χ0) is 14.8. The third-order valence-corrected chi connectivity index (χ3v) is 4.40. The van der Waals surface area contributed by atoms with Crippen molar-refractivity contribution in [2.24, 2.45) is 0 Å². The zero-order valence-corrected chi connectivity index (χ0v) is 12.5. The van der Waals surface area contributed by atoms with E-state index in [2.05, 4.69) is 36.1 Å². The first-order valence-electron chi connectivity index (χ1n) is 7.37. The highest BCUT2D eigenvalue weighted by atomic mass is 16.5. The van der Waals surface area contributed by atoms with Crippen LogP contribution in [0.25, 0.3) is 0 Å². The van der Waals surface area contributed by atoms with Gasteiger partial charge in [0, 0.05) is 30.8 Å². The summed E-state index contributed by atoms with van der Waals surface area (Å²) in [7, 11) is 1.61. The average molecular weight is 283 g/mol. The van der Waals surface area contributed by atoms with E-state index < -0.39 is 0 Å². The van der Waals surface area contributed by atoms with Crippen molar-refractivity contribution in [1.82, 2.24) is 4.90 Å². The molecule has 0 radical (unpaired) electrons. The Balaban J connectivity index is 1.82. The van der Waals surface area contributed by atoms with Gasteiger partial charge < -0.3 is 9.84 Å². The van der Waals surface area contributed by atoms with Crippen molar-refractivity contribution in [1.29, 1.82) is 0 Å². The molecule has 110 valence electrons. The van der Waals surface area contributed by atoms with Gasteiger partial charge in [-0.1, -0.05) is 30.3 Å². The van der Waals surface area contributed by atoms with E-state index in [1.807, 2.05) is 12.1 Å². The largest absolute Gasteiger partial charge is 0.507 e. The topological polar surface area (TPSA) is 32.7 Å². The molecule has 0 saturated heterocycles. The average Bonchev–Trinajstić information content (AvgIpc) is 2.53. The second kappa shape index (κ2) is 5.78. The number of fused-ring (bicyclic) bond motifs is 1. The molecule has 2 aromatic carbocycles. The normalized spacial score (nSPS) is 16.3. The van der Waals surface area contributed by atoms with Crippen molar-refractivity contribution in [3.05, 3.63) is 59.2 Å². The summed E-state index contributed by atoms with van der Waals surface area (Å²) in [6, 6.07) is 14.3. The summed E-state index contributed by atoms with van der Waals surface area (Å²) in [6.07, 6.45) is 1.07. The zero-order valence-electron chi connectivity index (χ0n) is 12.5. The molecule has 3 heteroatoms. The maximum absolute atomic E-state index is 10.2. The first-order valence-corrected chi connectivity index (χ1v) is 7.37. The fourth-order valence-corrected chi connectivity index (χ4v) is 3.05. The minimum absolute atomic E-state index is 0.185. The van der Waals surface area contributed by atoms with Gasteiger partial charge in [-0.15, -0.1) is 0 Å². The fraction of sp³-hybridized carbons (Fsp3) is 0.333. The molecule has 1 aliphatic rings. The summed E-state index contributed by atoms with van der Waals surface area (Å²) >= 11 is 0. The molecule has 3 nitrogen and oxygen atoms in total. The van der Waals surface area contributed by atoms with Crippen LogP contribution in [0, 0.1) is 0 Å². The number of hydrogen-bond donors (Lipinski definition) is 1. The summed E-state index contributed by atoms with van der Waals surface area (Å²) < 4.78 is 5.15. The number of phenolic OH excluding ortho intramolecular Hbond substituents is 1.